The monoisotopic (exact) mass is 212 g/mol. The second kappa shape index (κ2) is 5.83. The van der Waals surface area contributed by atoms with Gasteiger partial charge in [-0.15, -0.1) is 12.3 Å². The van der Waals surface area contributed by atoms with Gasteiger partial charge in [0.25, 0.3) is 0 Å². The van der Waals surface area contributed by atoms with Crippen LogP contribution in [0.15, 0.2) is 18.2 Å². The van der Waals surface area contributed by atoms with Gasteiger partial charge in [-0.25, -0.2) is 0 Å². The van der Waals surface area contributed by atoms with E-state index in [1.807, 2.05) is 25.1 Å². The Balaban J connectivity index is 2.89. The maximum Gasteiger partial charge on any atom is 0.101 e. The van der Waals surface area contributed by atoms with E-state index >= 15 is 0 Å². The van der Waals surface area contributed by atoms with Gasteiger partial charge >= 0.3 is 0 Å². The zero-order valence-corrected chi connectivity index (χ0v) is 9.75. The molecule has 0 amide bonds. The van der Waals surface area contributed by atoms with Gasteiger partial charge in [-0.05, 0) is 31.0 Å². The molecule has 0 saturated heterocycles. The van der Waals surface area contributed by atoms with E-state index in [0.717, 1.165) is 17.7 Å². The van der Waals surface area contributed by atoms with Crippen LogP contribution in [0.25, 0.3) is 0 Å². The molecule has 2 nitrogen and oxygen atoms in total. The Morgan fingerprint density at radius 2 is 2.25 bits per heavy atom. The van der Waals surface area contributed by atoms with Crippen molar-refractivity contribution in [3.8, 4) is 18.4 Å². The summed E-state index contributed by atoms with van der Waals surface area (Å²) >= 11 is 0. The molecular weight excluding hydrogens is 196 g/mol. The molecule has 0 fully saturated rings. The van der Waals surface area contributed by atoms with Gasteiger partial charge in [0.15, 0.2) is 0 Å². The van der Waals surface area contributed by atoms with E-state index in [2.05, 4.69) is 24.2 Å². The third kappa shape index (κ3) is 3.04. The zero-order chi connectivity index (χ0) is 12.0. The van der Waals surface area contributed by atoms with Crippen molar-refractivity contribution in [3.63, 3.8) is 0 Å². The Hall–Kier alpha value is -1.93. The number of terminal acetylenes is 1. The highest BCUT2D eigenvalue weighted by Gasteiger charge is 2.07. The minimum atomic E-state index is 0.236. The summed E-state index contributed by atoms with van der Waals surface area (Å²) in [4.78, 5) is 0. The second-order valence-corrected chi connectivity index (χ2v) is 3.82. The van der Waals surface area contributed by atoms with E-state index < -0.39 is 0 Å². The molecule has 0 bridgehead atoms. The van der Waals surface area contributed by atoms with Gasteiger partial charge in [-0.2, -0.15) is 5.26 Å². The van der Waals surface area contributed by atoms with E-state index in [4.69, 9.17) is 11.7 Å². The fraction of sp³-hybridized carbons (Fsp3) is 0.357. The summed E-state index contributed by atoms with van der Waals surface area (Å²) in [5.41, 5.74) is 2.64. The molecule has 1 atom stereocenters. The van der Waals surface area contributed by atoms with Gasteiger partial charge in [-0.3, -0.25) is 0 Å². The van der Waals surface area contributed by atoms with Crippen LogP contribution >= 0.6 is 0 Å². The van der Waals surface area contributed by atoms with Crippen molar-refractivity contribution in [1.82, 2.24) is 0 Å². The number of benzene rings is 1. The quantitative estimate of drug-likeness (QED) is 0.778. The highest BCUT2D eigenvalue weighted by molar-refractivity contribution is 5.59. The average molecular weight is 212 g/mol. The molecule has 0 heterocycles. The number of hydrogen-bond donors (Lipinski definition) is 1. The first-order valence-corrected chi connectivity index (χ1v) is 5.42. The number of anilines is 1. The Labute approximate surface area is 97.3 Å². The molecule has 0 saturated carbocycles. The second-order valence-electron chi connectivity index (χ2n) is 3.82. The van der Waals surface area contributed by atoms with Crippen LogP contribution < -0.4 is 5.32 Å². The summed E-state index contributed by atoms with van der Waals surface area (Å²) in [6, 6.07) is 8.24. The Morgan fingerprint density at radius 3 is 2.81 bits per heavy atom. The van der Waals surface area contributed by atoms with E-state index in [9.17, 15) is 0 Å². The number of nitrogens with zero attached hydrogens (tertiary/aromatic N) is 1. The average Bonchev–Trinajstić information content (AvgIpc) is 2.30. The Bertz CT molecular complexity index is 435. The van der Waals surface area contributed by atoms with Crippen molar-refractivity contribution in [3.05, 3.63) is 29.3 Å². The molecule has 0 aromatic heterocycles. The van der Waals surface area contributed by atoms with E-state index in [1.54, 1.807) is 0 Å². The lowest BCUT2D eigenvalue weighted by Crippen LogP contribution is -2.18. The molecule has 0 spiro atoms. The van der Waals surface area contributed by atoms with E-state index in [0.29, 0.717) is 12.0 Å². The lowest BCUT2D eigenvalue weighted by atomic mass is 10.1. The third-order valence-corrected chi connectivity index (χ3v) is 2.51. The first-order chi connectivity index (χ1) is 7.71. The number of rotatable bonds is 4. The zero-order valence-electron chi connectivity index (χ0n) is 9.75. The standard InChI is InChI=1S/C14H16N2/c1-4-6-13(5-2)16-14-8-7-11(3)9-12(14)10-15/h1,7-9,13,16H,5-6H2,2-3H3. The summed E-state index contributed by atoms with van der Waals surface area (Å²) in [5.74, 6) is 2.64. The van der Waals surface area contributed by atoms with Gasteiger partial charge in [0, 0.05) is 12.5 Å². The highest BCUT2D eigenvalue weighted by Crippen LogP contribution is 2.18. The molecule has 2 heteroatoms. The molecular formula is C14H16N2. The van der Waals surface area contributed by atoms with Crippen molar-refractivity contribution in [2.45, 2.75) is 32.7 Å². The highest BCUT2D eigenvalue weighted by atomic mass is 14.9. The van der Waals surface area contributed by atoms with Crippen LogP contribution in [0.2, 0.25) is 0 Å². The number of nitrogens with one attached hydrogen (secondary N) is 1. The number of aryl methyl sites for hydroxylation is 1. The SMILES string of the molecule is C#CCC(CC)Nc1ccc(C)cc1C#N. The molecule has 0 aliphatic rings. The largest absolute Gasteiger partial charge is 0.380 e. The minimum absolute atomic E-state index is 0.236. The molecule has 1 aromatic carbocycles. The predicted molar refractivity (Wildman–Crippen MR) is 67.0 cm³/mol. The first-order valence-electron chi connectivity index (χ1n) is 5.42. The van der Waals surface area contributed by atoms with Gasteiger partial charge in [0.05, 0.1) is 11.3 Å². The van der Waals surface area contributed by atoms with Crippen LogP contribution in [-0.4, -0.2) is 6.04 Å². The van der Waals surface area contributed by atoms with Crippen molar-refractivity contribution in [2.24, 2.45) is 0 Å². The summed E-state index contributed by atoms with van der Waals surface area (Å²) in [7, 11) is 0. The van der Waals surface area contributed by atoms with Gasteiger partial charge in [0.2, 0.25) is 0 Å². The molecule has 82 valence electrons. The molecule has 0 aliphatic carbocycles. The molecule has 0 radical (unpaired) electrons. The van der Waals surface area contributed by atoms with Crippen LogP contribution in [0.5, 0.6) is 0 Å². The first kappa shape index (κ1) is 12.1. The van der Waals surface area contributed by atoms with Crippen LogP contribution in [-0.2, 0) is 0 Å². The minimum Gasteiger partial charge on any atom is -0.380 e. The van der Waals surface area contributed by atoms with E-state index in [1.165, 1.54) is 0 Å². The summed E-state index contributed by atoms with van der Waals surface area (Å²) in [6.45, 7) is 4.05. The predicted octanol–water partition coefficient (Wildman–Crippen LogP) is 3.08. The summed E-state index contributed by atoms with van der Waals surface area (Å²) in [6.07, 6.45) is 6.92. The maximum absolute atomic E-state index is 9.03. The maximum atomic E-state index is 9.03. The third-order valence-electron chi connectivity index (χ3n) is 2.51. The normalized spacial score (nSPS) is 11.2. The summed E-state index contributed by atoms with van der Waals surface area (Å²) < 4.78 is 0. The Kier molecular flexibility index (Phi) is 4.42. The Morgan fingerprint density at radius 1 is 1.50 bits per heavy atom. The lowest BCUT2D eigenvalue weighted by Gasteiger charge is -2.16. The fourth-order valence-electron chi connectivity index (χ4n) is 1.54. The molecule has 1 rings (SSSR count). The van der Waals surface area contributed by atoms with Crippen LogP contribution in [0.4, 0.5) is 5.69 Å². The topological polar surface area (TPSA) is 35.8 Å². The molecule has 1 aromatic rings. The number of hydrogen-bond acceptors (Lipinski definition) is 2. The van der Waals surface area contributed by atoms with Crippen molar-refractivity contribution in [1.29, 1.82) is 5.26 Å². The van der Waals surface area contributed by atoms with Gasteiger partial charge in [0.1, 0.15) is 6.07 Å². The molecule has 1 N–H and O–H groups in total. The van der Waals surface area contributed by atoms with E-state index in [-0.39, 0.29) is 6.04 Å². The van der Waals surface area contributed by atoms with Gasteiger partial charge in [-0.1, -0.05) is 13.0 Å². The van der Waals surface area contributed by atoms with Crippen molar-refractivity contribution < 1.29 is 0 Å². The van der Waals surface area contributed by atoms with Gasteiger partial charge < -0.3 is 5.32 Å². The fourth-order valence-corrected chi connectivity index (χ4v) is 1.54. The molecule has 16 heavy (non-hydrogen) atoms. The molecule has 1 unspecified atom stereocenters. The van der Waals surface area contributed by atoms with Crippen molar-refractivity contribution in [2.75, 3.05) is 5.32 Å². The van der Waals surface area contributed by atoms with Crippen LogP contribution in [0, 0.1) is 30.6 Å². The van der Waals surface area contributed by atoms with Crippen molar-refractivity contribution >= 4 is 5.69 Å². The smallest absolute Gasteiger partial charge is 0.101 e. The summed E-state index contributed by atoms with van der Waals surface area (Å²) in [5, 5.41) is 12.3. The number of nitriles is 1. The molecule has 0 aliphatic heterocycles. The lowest BCUT2D eigenvalue weighted by molar-refractivity contribution is 0.715. The van der Waals surface area contributed by atoms with Crippen LogP contribution in [0.1, 0.15) is 30.9 Å². The van der Waals surface area contributed by atoms with Crippen LogP contribution in [0.3, 0.4) is 0 Å².